The molecule has 0 saturated carbocycles. The Kier molecular flexibility index (Phi) is 8.24. The van der Waals surface area contributed by atoms with E-state index in [2.05, 4.69) is 13.8 Å². The monoisotopic (exact) mass is 374 g/mol. The van der Waals surface area contributed by atoms with Crippen molar-refractivity contribution in [1.29, 1.82) is 0 Å². The summed E-state index contributed by atoms with van der Waals surface area (Å²) in [5, 5.41) is 1.62. The van der Waals surface area contributed by atoms with Crippen LogP contribution in [0.2, 0.25) is 0 Å². The summed E-state index contributed by atoms with van der Waals surface area (Å²) in [5.74, 6) is 1.93. The molecule has 0 spiro atoms. The van der Waals surface area contributed by atoms with Gasteiger partial charge in [0.2, 0.25) is 0 Å². The van der Waals surface area contributed by atoms with Crippen LogP contribution in [0.1, 0.15) is 47.0 Å². The number of ether oxygens (including phenoxy) is 4. The average molecular weight is 374 g/mol. The van der Waals surface area contributed by atoms with Gasteiger partial charge in [0.05, 0.1) is 19.8 Å². The molecule has 0 radical (unpaired) electrons. The number of unbranched alkanes of at least 4 members (excludes halogenated alkanes) is 1. The molecule has 2 aromatic rings. The lowest BCUT2D eigenvalue weighted by atomic mass is 10.1. The van der Waals surface area contributed by atoms with Gasteiger partial charge in [-0.1, -0.05) is 51.0 Å². The third-order valence-corrected chi connectivity index (χ3v) is 4.24. The van der Waals surface area contributed by atoms with Crippen LogP contribution in [-0.4, -0.2) is 26.0 Å². The van der Waals surface area contributed by atoms with Crippen molar-refractivity contribution < 1.29 is 23.7 Å². The predicted octanol–water partition coefficient (Wildman–Crippen LogP) is 5.98. The van der Waals surface area contributed by atoms with Gasteiger partial charge in [0.15, 0.2) is 11.5 Å². The minimum Gasteiger partial charge on any atom is -0.490 e. The minimum absolute atomic E-state index is 0.313. The Morgan fingerprint density at radius 2 is 1.70 bits per heavy atom. The Morgan fingerprint density at radius 1 is 1.00 bits per heavy atom. The van der Waals surface area contributed by atoms with Crippen molar-refractivity contribution in [3.8, 4) is 17.2 Å². The maximum absolute atomic E-state index is 12.2. The Bertz CT molecular complexity index is 741. The van der Waals surface area contributed by atoms with Crippen LogP contribution in [0.15, 0.2) is 30.3 Å². The van der Waals surface area contributed by atoms with Crippen molar-refractivity contribution >= 4 is 16.9 Å². The fourth-order valence-electron chi connectivity index (χ4n) is 2.90. The Labute approximate surface area is 161 Å². The molecule has 0 amide bonds. The van der Waals surface area contributed by atoms with Crippen LogP contribution >= 0.6 is 0 Å². The lowest BCUT2D eigenvalue weighted by Gasteiger charge is -2.17. The first kappa shape index (κ1) is 20.9. The standard InChI is InChI=1S/C22H30O5/c1-5-8-11-16(4)15-26-22(23)27-19-14-20(24-6-2)21(25-7-3)18-13-10-9-12-17(18)19/h9-10,12-14,16H,5-8,11,15H2,1-4H3. The summed E-state index contributed by atoms with van der Waals surface area (Å²) in [7, 11) is 0. The summed E-state index contributed by atoms with van der Waals surface area (Å²) in [6.07, 6.45) is 2.59. The number of carbonyl (C=O) groups excluding carboxylic acids is 1. The Morgan fingerprint density at radius 3 is 2.37 bits per heavy atom. The highest BCUT2D eigenvalue weighted by atomic mass is 16.7. The SMILES string of the molecule is CCCCC(C)COC(=O)Oc1cc(OCC)c(OCC)c2ccccc12. The zero-order valence-corrected chi connectivity index (χ0v) is 16.7. The van der Waals surface area contributed by atoms with E-state index in [0.29, 0.717) is 43.0 Å². The largest absolute Gasteiger partial charge is 0.513 e. The van der Waals surface area contributed by atoms with Gasteiger partial charge in [-0.25, -0.2) is 4.79 Å². The summed E-state index contributed by atoms with van der Waals surface area (Å²) in [5.41, 5.74) is 0. The van der Waals surface area contributed by atoms with Crippen molar-refractivity contribution in [2.75, 3.05) is 19.8 Å². The van der Waals surface area contributed by atoms with E-state index in [-0.39, 0.29) is 0 Å². The van der Waals surface area contributed by atoms with E-state index < -0.39 is 6.16 Å². The minimum atomic E-state index is -0.699. The molecule has 2 aromatic carbocycles. The maximum Gasteiger partial charge on any atom is 0.513 e. The lowest BCUT2D eigenvalue weighted by molar-refractivity contribution is 0.0850. The lowest BCUT2D eigenvalue weighted by Crippen LogP contribution is -2.16. The van der Waals surface area contributed by atoms with Gasteiger partial charge in [-0.2, -0.15) is 0 Å². The molecule has 5 heteroatoms. The van der Waals surface area contributed by atoms with Crippen molar-refractivity contribution in [3.63, 3.8) is 0 Å². The molecule has 0 saturated heterocycles. The van der Waals surface area contributed by atoms with Crippen LogP contribution in [0.25, 0.3) is 10.8 Å². The number of rotatable bonds is 10. The number of carbonyl (C=O) groups is 1. The first-order valence-electron chi connectivity index (χ1n) is 9.76. The van der Waals surface area contributed by atoms with Crippen LogP contribution in [-0.2, 0) is 4.74 Å². The van der Waals surface area contributed by atoms with Gasteiger partial charge in [-0.3, -0.25) is 0 Å². The van der Waals surface area contributed by atoms with Gasteiger partial charge in [0.1, 0.15) is 5.75 Å². The second-order valence-corrected chi connectivity index (χ2v) is 6.52. The summed E-state index contributed by atoms with van der Waals surface area (Å²) >= 11 is 0. The second kappa shape index (κ2) is 10.7. The zero-order chi connectivity index (χ0) is 19.6. The highest BCUT2D eigenvalue weighted by Crippen LogP contribution is 2.41. The van der Waals surface area contributed by atoms with Crippen LogP contribution in [0.5, 0.6) is 17.2 Å². The van der Waals surface area contributed by atoms with Crippen LogP contribution < -0.4 is 14.2 Å². The normalized spacial score (nSPS) is 11.9. The van der Waals surface area contributed by atoms with E-state index in [0.717, 1.165) is 30.0 Å². The molecule has 0 heterocycles. The van der Waals surface area contributed by atoms with E-state index in [1.54, 1.807) is 6.07 Å². The molecule has 0 aliphatic rings. The van der Waals surface area contributed by atoms with Gasteiger partial charge in [0.25, 0.3) is 0 Å². The molecule has 1 atom stereocenters. The number of hydrogen-bond donors (Lipinski definition) is 0. The first-order valence-corrected chi connectivity index (χ1v) is 9.76. The number of fused-ring (bicyclic) bond motifs is 1. The van der Waals surface area contributed by atoms with Crippen LogP contribution in [0.4, 0.5) is 4.79 Å². The summed E-state index contributed by atoms with van der Waals surface area (Å²) in [6.45, 7) is 9.39. The van der Waals surface area contributed by atoms with E-state index in [1.165, 1.54) is 0 Å². The molecule has 1 unspecified atom stereocenters. The smallest absolute Gasteiger partial charge is 0.490 e. The molecule has 5 nitrogen and oxygen atoms in total. The van der Waals surface area contributed by atoms with Gasteiger partial charge < -0.3 is 18.9 Å². The molecule has 0 fully saturated rings. The molecule has 27 heavy (non-hydrogen) atoms. The van der Waals surface area contributed by atoms with E-state index in [4.69, 9.17) is 18.9 Å². The van der Waals surface area contributed by atoms with Gasteiger partial charge >= 0.3 is 6.16 Å². The molecule has 2 rings (SSSR count). The molecule has 0 bridgehead atoms. The van der Waals surface area contributed by atoms with Crippen molar-refractivity contribution in [2.45, 2.75) is 47.0 Å². The van der Waals surface area contributed by atoms with Gasteiger partial charge in [-0.15, -0.1) is 0 Å². The quantitative estimate of drug-likeness (QED) is 0.378. The van der Waals surface area contributed by atoms with Crippen LogP contribution in [0, 0.1) is 5.92 Å². The Hall–Kier alpha value is -2.43. The summed E-state index contributed by atoms with van der Waals surface area (Å²) in [6, 6.07) is 9.31. The van der Waals surface area contributed by atoms with Gasteiger partial charge in [-0.05, 0) is 26.2 Å². The molecule has 148 valence electrons. The van der Waals surface area contributed by atoms with Crippen molar-refractivity contribution in [3.05, 3.63) is 30.3 Å². The molecular weight excluding hydrogens is 344 g/mol. The summed E-state index contributed by atoms with van der Waals surface area (Å²) < 4.78 is 22.3. The van der Waals surface area contributed by atoms with Crippen LogP contribution in [0.3, 0.4) is 0 Å². The van der Waals surface area contributed by atoms with Crippen molar-refractivity contribution in [1.82, 2.24) is 0 Å². The molecular formula is C22H30O5. The fraction of sp³-hybridized carbons (Fsp3) is 0.500. The van der Waals surface area contributed by atoms with Gasteiger partial charge in [0, 0.05) is 16.8 Å². The zero-order valence-electron chi connectivity index (χ0n) is 16.7. The highest BCUT2D eigenvalue weighted by molar-refractivity contribution is 5.96. The fourth-order valence-corrected chi connectivity index (χ4v) is 2.90. The molecule has 0 N–H and O–H groups in total. The molecule has 0 aliphatic heterocycles. The first-order chi connectivity index (χ1) is 13.1. The molecule has 0 aromatic heterocycles. The van der Waals surface area contributed by atoms with Crippen molar-refractivity contribution in [2.24, 2.45) is 5.92 Å². The topological polar surface area (TPSA) is 54.0 Å². The third kappa shape index (κ3) is 5.78. The Balaban J connectivity index is 2.22. The van der Waals surface area contributed by atoms with E-state index in [1.807, 2.05) is 38.1 Å². The summed E-state index contributed by atoms with van der Waals surface area (Å²) in [4.78, 5) is 12.2. The third-order valence-electron chi connectivity index (χ3n) is 4.24. The maximum atomic E-state index is 12.2. The highest BCUT2D eigenvalue weighted by Gasteiger charge is 2.18. The van der Waals surface area contributed by atoms with E-state index >= 15 is 0 Å². The number of benzene rings is 2. The average Bonchev–Trinajstić information content (AvgIpc) is 2.67. The van der Waals surface area contributed by atoms with E-state index in [9.17, 15) is 4.79 Å². The number of hydrogen-bond acceptors (Lipinski definition) is 5. The second-order valence-electron chi connectivity index (χ2n) is 6.52. The predicted molar refractivity (Wildman–Crippen MR) is 107 cm³/mol. The molecule has 0 aliphatic carbocycles.